The van der Waals surface area contributed by atoms with Gasteiger partial charge in [-0.25, -0.2) is 19.9 Å². The van der Waals surface area contributed by atoms with Crippen LogP contribution in [0.3, 0.4) is 0 Å². The van der Waals surface area contributed by atoms with Gasteiger partial charge in [-0.1, -0.05) is 6.07 Å². The van der Waals surface area contributed by atoms with E-state index in [0.29, 0.717) is 33.9 Å². The van der Waals surface area contributed by atoms with Gasteiger partial charge in [-0.15, -0.1) is 4.40 Å². The first kappa shape index (κ1) is 24.1. The molecule has 190 valence electrons. The van der Waals surface area contributed by atoms with Crippen molar-refractivity contribution >= 4 is 38.8 Å². The quantitative estimate of drug-likeness (QED) is 0.339. The number of aromatic nitrogens is 5. The molecule has 0 unspecified atom stereocenters. The second kappa shape index (κ2) is 8.81. The first-order valence-corrected chi connectivity index (χ1v) is 12.5. The van der Waals surface area contributed by atoms with Crippen LogP contribution in [0.2, 0.25) is 0 Å². The smallest absolute Gasteiger partial charge is 0.344 e. The van der Waals surface area contributed by atoms with E-state index in [9.17, 15) is 13.2 Å². The molecule has 13 nitrogen and oxygen atoms in total. The number of carbonyl (C=O) groups is 1. The Hall–Kier alpha value is -4.59. The summed E-state index contributed by atoms with van der Waals surface area (Å²) < 4.78 is 37.0. The number of benzene rings is 1. The number of fused-ring (bicyclic) bond motifs is 2. The number of imidazole rings is 1. The fourth-order valence-electron chi connectivity index (χ4n) is 3.82. The lowest BCUT2D eigenvalue weighted by molar-refractivity contribution is 0.0880. The highest BCUT2D eigenvalue weighted by Gasteiger charge is 2.27. The van der Waals surface area contributed by atoms with Gasteiger partial charge in [0, 0.05) is 11.8 Å². The Kier molecular flexibility index (Phi) is 5.75. The van der Waals surface area contributed by atoms with Crippen molar-refractivity contribution in [1.82, 2.24) is 29.8 Å². The third-order valence-electron chi connectivity index (χ3n) is 5.55. The zero-order valence-corrected chi connectivity index (χ0v) is 20.9. The number of nitrogens with zero attached hydrogens (tertiary/aromatic N) is 6. The summed E-state index contributed by atoms with van der Waals surface area (Å²) >= 11 is 0. The van der Waals surface area contributed by atoms with E-state index in [-0.39, 0.29) is 24.0 Å². The molecular weight excluding hydrogens is 498 g/mol. The number of aryl methyl sites for hydroxylation is 1. The van der Waals surface area contributed by atoms with E-state index in [4.69, 9.17) is 10.5 Å². The van der Waals surface area contributed by atoms with Gasteiger partial charge in [0.2, 0.25) is 0 Å². The van der Waals surface area contributed by atoms with Gasteiger partial charge in [0.25, 0.3) is 5.91 Å². The van der Waals surface area contributed by atoms with Crippen LogP contribution < -0.4 is 20.5 Å². The van der Waals surface area contributed by atoms with E-state index in [1.807, 2.05) is 6.92 Å². The largest absolute Gasteiger partial charge is 0.490 e. The summed E-state index contributed by atoms with van der Waals surface area (Å²) in [5.74, 6) is 0.300. The van der Waals surface area contributed by atoms with E-state index in [0.717, 1.165) is 5.69 Å². The second-order valence-electron chi connectivity index (χ2n) is 9.01. The number of hydrogen-bond acceptors (Lipinski definition) is 9. The van der Waals surface area contributed by atoms with Crippen LogP contribution in [0.5, 0.6) is 5.75 Å². The highest BCUT2D eigenvalue weighted by molar-refractivity contribution is 7.91. The summed E-state index contributed by atoms with van der Waals surface area (Å²) in [5, 5.41) is 2.95. The highest BCUT2D eigenvalue weighted by Crippen LogP contribution is 2.31. The number of anilines is 1. The van der Waals surface area contributed by atoms with E-state index in [2.05, 4.69) is 34.4 Å². The van der Waals surface area contributed by atoms with Gasteiger partial charge in [0.1, 0.15) is 36.3 Å². The normalized spacial score (nSPS) is 14.4. The lowest BCUT2D eigenvalue weighted by atomic mass is 10.1. The van der Waals surface area contributed by atoms with Gasteiger partial charge in [0.15, 0.2) is 11.5 Å². The number of hydrogen-bond donors (Lipinski definition) is 3. The first-order valence-electron chi connectivity index (χ1n) is 11.1. The van der Waals surface area contributed by atoms with Crippen molar-refractivity contribution < 1.29 is 17.9 Å². The maximum Gasteiger partial charge on any atom is 0.344 e. The van der Waals surface area contributed by atoms with Gasteiger partial charge >= 0.3 is 10.2 Å². The maximum absolute atomic E-state index is 13.1. The fraction of sp³-hybridized carbons (Fsp3) is 0.217. The first-order chi connectivity index (χ1) is 17.5. The molecule has 0 spiro atoms. The van der Waals surface area contributed by atoms with Gasteiger partial charge < -0.3 is 15.8 Å². The zero-order valence-electron chi connectivity index (χ0n) is 20.1. The molecular formula is C23H23N9O4S. The van der Waals surface area contributed by atoms with Crippen LogP contribution in [0, 0.1) is 6.92 Å². The molecule has 0 fully saturated rings. The molecule has 14 heteroatoms. The predicted molar refractivity (Wildman–Crippen MR) is 136 cm³/mol. The Bertz CT molecular complexity index is 1680. The number of amidine groups is 1. The molecule has 4 N–H and O–H groups in total. The van der Waals surface area contributed by atoms with Gasteiger partial charge in [-0.2, -0.15) is 8.42 Å². The average molecular weight is 522 g/mol. The van der Waals surface area contributed by atoms with Crippen molar-refractivity contribution in [3.8, 4) is 11.6 Å². The van der Waals surface area contributed by atoms with Crippen LogP contribution in [0.25, 0.3) is 17.0 Å². The Morgan fingerprint density at radius 3 is 2.81 bits per heavy atom. The minimum atomic E-state index is -3.90. The summed E-state index contributed by atoms with van der Waals surface area (Å²) in [6.07, 6.45) is 4.57. The summed E-state index contributed by atoms with van der Waals surface area (Å²) in [5.41, 5.74) is 8.03. The Morgan fingerprint density at radius 2 is 2.00 bits per heavy atom. The van der Waals surface area contributed by atoms with E-state index < -0.39 is 15.7 Å². The molecule has 0 bridgehead atoms. The molecule has 5 rings (SSSR count). The Morgan fingerprint density at radius 1 is 1.19 bits per heavy atom. The molecule has 37 heavy (non-hydrogen) atoms. The number of nitrogens with two attached hydrogens (primary N) is 1. The summed E-state index contributed by atoms with van der Waals surface area (Å²) in [4.78, 5) is 30.3. The molecule has 1 amide bonds. The topological polar surface area (TPSA) is 179 Å². The van der Waals surface area contributed by atoms with Crippen LogP contribution in [-0.4, -0.2) is 56.8 Å². The Labute approximate surface area is 212 Å². The third kappa shape index (κ3) is 4.78. The number of amides is 1. The molecule has 0 saturated heterocycles. The molecule has 3 aromatic heterocycles. The van der Waals surface area contributed by atoms with E-state index in [1.165, 1.54) is 12.5 Å². The third-order valence-corrected chi connectivity index (χ3v) is 6.47. The van der Waals surface area contributed by atoms with Crippen LogP contribution in [0.4, 0.5) is 5.69 Å². The average Bonchev–Trinajstić information content (AvgIpc) is 3.27. The van der Waals surface area contributed by atoms with Crippen molar-refractivity contribution in [3.05, 3.63) is 66.0 Å². The lowest BCUT2D eigenvalue weighted by Gasteiger charge is -2.27. The van der Waals surface area contributed by atoms with Gasteiger partial charge in [-0.3, -0.25) is 14.1 Å². The summed E-state index contributed by atoms with van der Waals surface area (Å²) in [6, 6.07) is 8.08. The predicted octanol–water partition coefficient (Wildman–Crippen LogP) is 1.48. The van der Waals surface area contributed by atoms with Crippen molar-refractivity contribution in [2.75, 3.05) is 11.3 Å². The van der Waals surface area contributed by atoms with Crippen molar-refractivity contribution in [3.63, 3.8) is 0 Å². The molecule has 4 heterocycles. The van der Waals surface area contributed by atoms with E-state index in [1.54, 1.807) is 55.1 Å². The van der Waals surface area contributed by atoms with Crippen LogP contribution >= 0.6 is 0 Å². The molecule has 1 aliphatic heterocycles. The number of rotatable bonds is 6. The van der Waals surface area contributed by atoms with Crippen LogP contribution in [-0.2, 0) is 10.2 Å². The van der Waals surface area contributed by atoms with Gasteiger partial charge in [-0.05, 0) is 45.0 Å². The van der Waals surface area contributed by atoms with Crippen molar-refractivity contribution in [1.29, 1.82) is 0 Å². The molecule has 0 atom stereocenters. The van der Waals surface area contributed by atoms with E-state index >= 15 is 0 Å². The van der Waals surface area contributed by atoms with Gasteiger partial charge in [0.05, 0.1) is 22.5 Å². The van der Waals surface area contributed by atoms with Crippen LogP contribution in [0.1, 0.15) is 35.5 Å². The molecule has 1 aliphatic rings. The minimum absolute atomic E-state index is 0.0650. The lowest BCUT2D eigenvalue weighted by Crippen LogP contribution is -2.48. The SMILES string of the molecule is Cc1ncnc2c1ncn2-c1cc(C(=O)NC(C)(C)COc2cccc3c2C(N)=NS(=O)(=O)N3)ccn1. The summed E-state index contributed by atoms with van der Waals surface area (Å²) in [6.45, 7) is 5.50. The molecule has 4 aromatic rings. The fourth-order valence-corrected chi connectivity index (χ4v) is 4.67. The highest BCUT2D eigenvalue weighted by atomic mass is 32.2. The Balaban J connectivity index is 1.32. The second-order valence-corrected chi connectivity index (χ2v) is 10.3. The molecule has 0 saturated carbocycles. The zero-order chi connectivity index (χ0) is 26.4. The number of carbonyl (C=O) groups excluding carboxylic acids is 1. The number of nitrogens with one attached hydrogen (secondary N) is 2. The van der Waals surface area contributed by atoms with Crippen molar-refractivity contribution in [2.45, 2.75) is 26.3 Å². The molecule has 0 radical (unpaired) electrons. The summed E-state index contributed by atoms with van der Waals surface area (Å²) in [7, 11) is -3.90. The van der Waals surface area contributed by atoms with Crippen LogP contribution in [0.15, 0.2) is 53.6 Å². The molecule has 1 aromatic carbocycles. The van der Waals surface area contributed by atoms with Crippen molar-refractivity contribution in [2.24, 2.45) is 10.1 Å². The maximum atomic E-state index is 13.1. The number of pyridine rings is 1. The molecule has 0 aliphatic carbocycles. The minimum Gasteiger partial charge on any atom is -0.490 e. The monoisotopic (exact) mass is 521 g/mol. The number of ether oxygens (including phenoxy) is 1. The standard InChI is InChI=1S/C23H23N9O4S/c1-13-19-21(27-11-26-13)32(12-28-19)17-9-14(7-8-25-17)22(33)29-23(2,3)10-36-16-6-4-5-15-18(16)20(24)31-37(34,35)30-15/h4-9,11-12,30H,10H2,1-3H3,(H2,24,31)(H,29,33).